The second kappa shape index (κ2) is 12.3. The zero-order chi connectivity index (χ0) is 29.2. The van der Waals surface area contributed by atoms with Gasteiger partial charge in [-0.1, -0.05) is 54.1 Å². The fourth-order valence-corrected chi connectivity index (χ4v) is 7.08. The summed E-state index contributed by atoms with van der Waals surface area (Å²) in [5.74, 6) is 0.675. The Labute approximate surface area is 251 Å². The smallest absolute Gasteiger partial charge is 0.180 e. The molecule has 218 valence electrons. The molecule has 0 aromatic heterocycles. The lowest BCUT2D eigenvalue weighted by Gasteiger charge is -2.44. The van der Waals surface area contributed by atoms with Gasteiger partial charge in [-0.15, -0.1) is 0 Å². The molecule has 0 unspecified atom stereocenters. The van der Waals surface area contributed by atoms with Gasteiger partial charge in [0, 0.05) is 61.6 Å². The molecular formula is C35H36ClNO5. The van der Waals surface area contributed by atoms with Crippen molar-refractivity contribution >= 4 is 33.9 Å². The van der Waals surface area contributed by atoms with E-state index in [0.29, 0.717) is 42.6 Å². The fourth-order valence-electron chi connectivity index (χ4n) is 6.80. The van der Waals surface area contributed by atoms with E-state index in [0.717, 1.165) is 83.1 Å². The molecule has 3 aromatic carbocycles. The van der Waals surface area contributed by atoms with Crippen LogP contribution in [0, 0.1) is 0 Å². The van der Waals surface area contributed by atoms with Gasteiger partial charge in [0.2, 0.25) is 0 Å². The Hall–Kier alpha value is -3.61. The third kappa shape index (κ3) is 5.23. The molecule has 1 heterocycles. The fraction of sp³-hybridized carbons (Fsp3) is 0.371. The van der Waals surface area contributed by atoms with E-state index < -0.39 is 5.92 Å². The third-order valence-electron chi connectivity index (χ3n) is 8.65. The Balaban J connectivity index is 1.40. The number of hydrogen-bond acceptors (Lipinski definition) is 6. The number of carbonyl (C=O) groups is 2. The van der Waals surface area contributed by atoms with E-state index in [4.69, 9.17) is 25.8 Å². The maximum Gasteiger partial charge on any atom is 0.180 e. The van der Waals surface area contributed by atoms with Crippen LogP contribution in [0.15, 0.2) is 77.1 Å². The minimum atomic E-state index is -0.465. The SMILES string of the molecule is COCCCN1C2=C(C(=O)CCC2)C(c2cc(Cl)c(OCc3cccc4ccccc34)c(OC)c2)C2=C1CCCC2=O. The Morgan fingerprint density at radius 2 is 1.57 bits per heavy atom. The number of methoxy groups -OCH3 is 2. The van der Waals surface area contributed by atoms with E-state index in [-0.39, 0.29) is 11.6 Å². The second-order valence-corrected chi connectivity index (χ2v) is 11.6. The highest BCUT2D eigenvalue weighted by molar-refractivity contribution is 6.32. The average Bonchev–Trinajstić information content (AvgIpc) is 3.00. The summed E-state index contributed by atoms with van der Waals surface area (Å²) >= 11 is 6.92. The first kappa shape index (κ1) is 28.5. The standard InChI is InChI=1S/C35H36ClNO5/c1-40-18-8-17-37-27-13-6-15-29(38)33(27)32(34-28(37)14-7-16-30(34)39)24-19-26(36)35(31(20-24)41-2)42-21-23-11-5-10-22-9-3-4-12-25(22)23/h3-5,9-12,19-20,32H,6-8,13-18,21H2,1-2H3. The molecule has 2 aliphatic carbocycles. The summed E-state index contributed by atoms with van der Waals surface area (Å²) in [6, 6.07) is 18.1. The Kier molecular flexibility index (Phi) is 8.36. The summed E-state index contributed by atoms with van der Waals surface area (Å²) in [6.07, 6.45) is 5.03. The van der Waals surface area contributed by atoms with Gasteiger partial charge in [0.25, 0.3) is 0 Å². The van der Waals surface area contributed by atoms with Crippen molar-refractivity contribution in [1.82, 2.24) is 4.90 Å². The van der Waals surface area contributed by atoms with Gasteiger partial charge in [0.1, 0.15) is 6.61 Å². The number of benzene rings is 3. The van der Waals surface area contributed by atoms with Gasteiger partial charge in [-0.25, -0.2) is 0 Å². The van der Waals surface area contributed by atoms with Crippen LogP contribution in [0.2, 0.25) is 5.02 Å². The van der Waals surface area contributed by atoms with Crippen LogP contribution in [-0.2, 0) is 20.9 Å². The summed E-state index contributed by atoms with van der Waals surface area (Å²) in [5.41, 5.74) is 5.39. The zero-order valence-electron chi connectivity index (χ0n) is 24.2. The molecule has 0 bridgehead atoms. The molecule has 0 radical (unpaired) electrons. The van der Waals surface area contributed by atoms with Gasteiger partial charge < -0.3 is 19.1 Å². The third-order valence-corrected chi connectivity index (χ3v) is 8.93. The number of allylic oxidation sites excluding steroid dienone is 4. The van der Waals surface area contributed by atoms with Crippen molar-refractivity contribution in [2.24, 2.45) is 0 Å². The van der Waals surface area contributed by atoms with Crippen molar-refractivity contribution in [3.63, 3.8) is 0 Å². The molecule has 1 aliphatic heterocycles. The van der Waals surface area contributed by atoms with Crippen LogP contribution in [0.4, 0.5) is 0 Å². The number of Topliss-reactive ketones (excluding diaryl/α,β-unsaturated/α-hetero) is 2. The van der Waals surface area contributed by atoms with Crippen molar-refractivity contribution in [2.45, 2.75) is 57.5 Å². The summed E-state index contributed by atoms with van der Waals surface area (Å²) < 4.78 is 17.4. The maximum absolute atomic E-state index is 13.6. The number of ether oxygens (including phenoxy) is 3. The van der Waals surface area contributed by atoms with E-state index >= 15 is 0 Å². The topological polar surface area (TPSA) is 65.1 Å². The molecule has 0 N–H and O–H groups in total. The van der Waals surface area contributed by atoms with Gasteiger partial charge in [-0.3, -0.25) is 9.59 Å². The number of carbonyl (C=O) groups excluding carboxylic acids is 2. The first-order valence-electron chi connectivity index (χ1n) is 14.8. The largest absolute Gasteiger partial charge is 0.493 e. The minimum Gasteiger partial charge on any atom is -0.493 e. The van der Waals surface area contributed by atoms with Crippen LogP contribution in [-0.4, -0.2) is 43.8 Å². The van der Waals surface area contributed by atoms with Crippen LogP contribution < -0.4 is 9.47 Å². The highest BCUT2D eigenvalue weighted by atomic mass is 35.5. The molecule has 0 spiro atoms. The molecule has 0 saturated carbocycles. The van der Waals surface area contributed by atoms with Gasteiger partial charge >= 0.3 is 0 Å². The van der Waals surface area contributed by atoms with Crippen molar-refractivity contribution in [3.05, 3.63) is 93.3 Å². The quantitative estimate of drug-likeness (QED) is 0.242. The molecule has 3 aromatic rings. The number of rotatable bonds is 9. The Morgan fingerprint density at radius 1 is 0.881 bits per heavy atom. The summed E-state index contributed by atoms with van der Waals surface area (Å²) in [6.45, 7) is 1.67. The molecule has 3 aliphatic rings. The number of fused-ring (bicyclic) bond motifs is 1. The van der Waals surface area contributed by atoms with Gasteiger partial charge in [-0.2, -0.15) is 0 Å². The lowest BCUT2D eigenvalue weighted by atomic mass is 9.71. The first-order valence-corrected chi connectivity index (χ1v) is 15.2. The van der Waals surface area contributed by atoms with E-state index in [1.165, 1.54) is 0 Å². The van der Waals surface area contributed by atoms with E-state index in [9.17, 15) is 9.59 Å². The number of hydrogen-bond donors (Lipinski definition) is 0. The van der Waals surface area contributed by atoms with Crippen molar-refractivity contribution < 1.29 is 23.8 Å². The Morgan fingerprint density at radius 3 is 2.26 bits per heavy atom. The van der Waals surface area contributed by atoms with Crippen LogP contribution >= 0.6 is 11.6 Å². The number of halogens is 1. The predicted molar refractivity (Wildman–Crippen MR) is 164 cm³/mol. The van der Waals surface area contributed by atoms with Gasteiger partial charge in [0.15, 0.2) is 23.1 Å². The maximum atomic E-state index is 13.6. The Bertz CT molecular complexity index is 1560. The van der Waals surface area contributed by atoms with Crippen molar-refractivity contribution in [2.75, 3.05) is 27.4 Å². The molecular weight excluding hydrogens is 550 g/mol. The molecule has 0 atom stereocenters. The molecule has 0 saturated heterocycles. The molecule has 7 heteroatoms. The van der Waals surface area contributed by atoms with E-state index in [1.807, 2.05) is 36.4 Å². The lowest BCUT2D eigenvalue weighted by molar-refractivity contribution is -0.117. The highest BCUT2D eigenvalue weighted by Crippen LogP contribution is 2.51. The second-order valence-electron chi connectivity index (χ2n) is 11.2. The van der Waals surface area contributed by atoms with Crippen LogP contribution in [0.1, 0.15) is 62.0 Å². The first-order chi connectivity index (χ1) is 20.5. The molecule has 0 fully saturated rings. The summed E-state index contributed by atoms with van der Waals surface area (Å²) in [4.78, 5) is 29.5. The van der Waals surface area contributed by atoms with Gasteiger partial charge in [-0.05, 0) is 66.1 Å². The van der Waals surface area contributed by atoms with Crippen LogP contribution in [0.3, 0.4) is 0 Å². The molecule has 42 heavy (non-hydrogen) atoms. The van der Waals surface area contributed by atoms with Crippen LogP contribution in [0.25, 0.3) is 10.8 Å². The lowest BCUT2D eigenvalue weighted by Crippen LogP contribution is -2.39. The molecule has 6 nitrogen and oxygen atoms in total. The highest BCUT2D eigenvalue weighted by Gasteiger charge is 2.43. The molecule has 6 rings (SSSR count). The van der Waals surface area contributed by atoms with Crippen molar-refractivity contribution in [1.29, 1.82) is 0 Å². The van der Waals surface area contributed by atoms with E-state index in [2.05, 4.69) is 23.1 Å². The van der Waals surface area contributed by atoms with Gasteiger partial charge in [0.05, 0.1) is 12.1 Å². The predicted octanol–water partition coefficient (Wildman–Crippen LogP) is 7.53. The number of nitrogens with zero attached hydrogens (tertiary/aromatic N) is 1. The summed E-state index contributed by atoms with van der Waals surface area (Å²) in [7, 11) is 3.29. The minimum absolute atomic E-state index is 0.106. The average molecular weight is 586 g/mol. The zero-order valence-corrected chi connectivity index (χ0v) is 25.0. The number of ketones is 2. The van der Waals surface area contributed by atoms with Crippen molar-refractivity contribution in [3.8, 4) is 11.5 Å². The summed E-state index contributed by atoms with van der Waals surface area (Å²) in [5, 5.41) is 2.65. The van der Waals surface area contributed by atoms with Crippen LogP contribution in [0.5, 0.6) is 11.5 Å². The molecule has 0 amide bonds. The van der Waals surface area contributed by atoms with E-state index in [1.54, 1.807) is 14.2 Å². The normalized spacial score (nSPS) is 17.5. The monoisotopic (exact) mass is 585 g/mol.